The van der Waals surface area contributed by atoms with E-state index in [0.717, 1.165) is 48.7 Å². The first-order valence-corrected chi connectivity index (χ1v) is 10.7. The molecule has 4 rings (SSSR count). The number of likely N-dealkylation sites (tertiary alicyclic amines) is 1. The maximum absolute atomic E-state index is 13.1. The number of thiazole rings is 1. The van der Waals surface area contributed by atoms with E-state index in [1.165, 1.54) is 5.01 Å². The quantitative estimate of drug-likeness (QED) is 0.652. The number of nitrogens with zero attached hydrogens (tertiary/aromatic N) is 5. The zero-order valence-corrected chi connectivity index (χ0v) is 18.0. The van der Waals surface area contributed by atoms with Crippen LogP contribution in [0.2, 0.25) is 0 Å². The molecule has 3 aromatic heterocycles. The maximum atomic E-state index is 13.1. The SMILES string of the molecule is Cc1cc2ncc(C(=O)N3CCC(c4nc(C(C)(C)C)cs4)CC3)c(C)n2n1. The zero-order valence-electron chi connectivity index (χ0n) is 17.2. The molecule has 0 radical (unpaired) electrons. The van der Waals surface area contributed by atoms with Gasteiger partial charge in [-0.1, -0.05) is 20.8 Å². The van der Waals surface area contributed by atoms with Gasteiger partial charge in [0.15, 0.2) is 5.65 Å². The topological polar surface area (TPSA) is 63.4 Å². The summed E-state index contributed by atoms with van der Waals surface area (Å²) >= 11 is 1.76. The standard InChI is InChI=1S/C21H27N5OS/c1-13-10-18-22-11-16(14(2)26(18)24-13)20(27)25-8-6-15(7-9-25)19-23-17(12-28-19)21(3,4)5/h10-12,15H,6-9H2,1-5H3. The van der Waals surface area contributed by atoms with E-state index >= 15 is 0 Å². The highest BCUT2D eigenvalue weighted by molar-refractivity contribution is 7.09. The fourth-order valence-corrected chi connectivity index (χ4v) is 4.91. The van der Waals surface area contributed by atoms with E-state index in [9.17, 15) is 4.79 Å². The first kappa shape index (κ1) is 19.1. The fraction of sp³-hybridized carbons (Fsp3) is 0.524. The van der Waals surface area contributed by atoms with Gasteiger partial charge in [-0.15, -0.1) is 11.3 Å². The minimum Gasteiger partial charge on any atom is -0.338 e. The van der Waals surface area contributed by atoms with Crippen molar-refractivity contribution >= 4 is 22.9 Å². The molecular weight excluding hydrogens is 370 g/mol. The predicted octanol–water partition coefficient (Wildman–Crippen LogP) is 4.12. The molecule has 0 aliphatic carbocycles. The summed E-state index contributed by atoms with van der Waals surface area (Å²) in [5, 5.41) is 7.85. The second-order valence-corrected chi connectivity index (χ2v) is 9.59. The normalized spacial score (nSPS) is 16.1. The van der Waals surface area contributed by atoms with E-state index in [1.807, 2.05) is 24.8 Å². The van der Waals surface area contributed by atoms with Crippen molar-refractivity contribution in [2.75, 3.05) is 13.1 Å². The summed E-state index contributed by atoms with van der Waals surface area (Å²) < 4.78 is 1.76. The third-order valence-corrected chi connectivity index (χ3v) is 6.51. The Morgan fingerprint density at radius 3 is 2.57 bits per heavy atom. The lowest BCUT2D eigenvalue weighted by Gasteiger charge is -2.31. The molecule has 1 saturated heterocycles. The number of rotatable bonds is 2. The molecule has 1 amide bonds. The Morgan fingerprint density at radius 2 is 1.93 bits per heavy atom. The molecule has 6 nitrogen and oxygen atoms in total. The van der Waals surface area contributed by atoms with Gasteiger partial charge < -0.3 is 4.90 Å². The van der Waals surface area contributed by atoms with Gasteiger partial charge in [-0.2, -0.15) is 5.10 Å². The number of aryl methyl sites for hydroxylation is 2. The molecule has 0 saturated carbocycles. The van der Waals surface area contributed by atoms with Gasteiger partial charge in [0.2, 0.25) is 0 Å². The van der Waals surface area contributed by atoms with Gasteiger partial charge in [-0.25, -0.2) is 14.5 Å². The Labute approximate surface area is 169 Å². The first-order chi connectivity index (χ1) is 13.2. The van der Waals surface area contributed by atoms with Crippen LogP contribution < -0.4 is 0 Å². The Bertz CT molecular complexity index is 1020. The van der Waals surface area contributed by atoms with Crippen LogP contribution in [-0.2, 0) is 5.41 Å². The first-order valence-electron chi connectivity index (χ1n) is 9.81. The number of aromatic nitrogens is 4. The van der Waals surface area contributed by atoms with Crippen molar-refractivity contribution in [1.82, 2.24) is 24.5 Å². The number of fused-ring (bicyclic) bond motifs is 1. The average Bonchev–Trinajstić information content (AvgIpc) is 3.28. The molecule has 0 aromatic carbocycles. The molecule has 3 aromatic rings. The van der Waals surface area contributed by atoms with Crippen LogP contribution in [0.5, 0.6) is 0 Å². The van der Waals surface area contributed by atoms with Gasteiger partial charge >= 0.3 is 0 Å². The third-order valence-electron chi connectivity index (χ3n) is 5.50. The minimum absolute atomic E-state index is 0.0491. The Morgan fingerprint density at radius 1 is 1.21 bits per heavy atom. The van der Waals surface area contributed by atoms with Crippen LogP contribution in [0, 0.1) is 13.8 Å². The number of hydrogen-bond acceptors (Lipinski definition) is 5. The fourth-order valence-electron chi connectivity index (χ4n) is 3.69. The lowest BCUT2D eigenvalue weighted by molar-refractivity contribution is 0.0711. The van der Waals surface area contributed by atoms with E-state index in [1.54, 1.807) is 22.0 Å². The van der Waals surface area contributed by atoms with Gasteiger partial charge in [0.25, 0.3) is 5.91 Å². The van der Waals surface area contributed by atoms with Gasteiger partial charge in [-0.05, 0) is 26.7 Å². The molecular formula is C21H27N5OS. The number of amides is 1. The molecule has 148 valence electrons. The summed E-state index contributed by atoms with van der Waals surface area (Å²) in [6.07, 6.45) is 3.60. The number of piperidine rings is 1. The van der Waals surface area contributed by atoms with Crippen molar-refractivity contribution in [3.8, 4) is 0 Å². The van der Waals surface area contributed by atoms with Crippen molar-refractivity contribution in [2.24, 2.45) is 0 Å². The van der Waals surface area contributed by atoms with Crippen LogP contribution >= 0.6 is 11.3 Å². The monoisotopic (exact) mass is 397 g/mol. The Balaban J connectivity index is 1.47. The summed E-state index contributed by atoms with van der Waals surface area (Å²) in [6.45, 7) is 12.0. The molecule has 28 heavy (non-hydrogen) atoms. The van der Waals surface area contributed by atoms with Crippen molar-refractivity contribution in [3.05, 3.63) is 45.3 Å². The molecule has 0 unspecified atom stereocenters. The lowest BCUT2D eigenvalue weighted by Crippen LogP contribution is -2.38. The maximum Gasteiger partial charge on any atom is 0.257 e. The van der Waals surface area contributed by atoms with Crippen LogP contribution in [0.25, 0.3) is 5.65 Å². The molecule has 1 aliphatic rings. The summed E-state index contributed by atoms with van der Waals surface area (Å²) in [5.41, 5.74) is 4.41. The highest BCUT2D eigenvalue weighted by Crippen LogP contribution is 2.33. The van der Waals surface area contributed by atoms with E-state index in [4.69, 9.17) is 4.98 Å². The number of hydrogen-bond donors (Lipinski definition) is 0. The lowest BCUT2D eigenvalue weighted by atomic mass is 9.93. The van der Waals surface area contributed by atoms with Crippen molar-refractivity contribution in [3.63, 3.8) is 0 Å². The summed E-state index contributed by atoms with van der Waals surface area (Å²) in [5.74, 6) is 0.494. The summed E-state index contributed by atoms with van der Waals surface area (Å²) in [7, 11) is 0. The van der Waals surface area contributed by atoms with Gasteiger partial charge in [0.05, 0.1) is 27.7 Å². The Hall–Kier alpha value is -2.28. The zero-order chi connectivity index (χ0) is 20.1. The molecule has 0 atom stereocenters. The Kier molecular flexibility index (Phi) is 4.73. The number of carbonyl (C=O) groups excluding carboxylic acids is 1. The second kappa shape index (κ2) is 6.95. The van der Waals surface area contributed by atoms with E-state index in [-0.39, 0.29) is 11.3 Å². The van der Waals surface area contributed by atoms with E-state index in [0.29, 0.717) is 11.5 Å². The molecule has 1 fully saturated rings. The summed E-state index contributed by atoms with van der Waals surface area (Å²) in [4.78, 5) is 24.3. The van der Waals surface area contributed by atoms with Crippen LogP contribution in [0.3, 0.4) is 0 Å². The third kappa shape index (κ3) is 3.43. The van der Waals surface area contributed by atoms with Crippen LogP contribution in [0.4, 0.5) is 0 Å². The van der Waals surface area contributed by atoms with Gasteiger partial charge in [0, 0.05) is 42.1 Å². The van der Waals surface area contributed by atoms with Crippen molar-refractivity contribution in [2.45, 2.75) is 58.8 Å². The summed E-state index contributed by atoms with van der Waals surface area (Å²) in [6, 6.07) is 1.92. The van der Waals surface area contributed by atoms with E-state index < -0.39 is 0 Å². The van der Waals surface area contributed by atoms with Crippen molar-refractivity contribution < 1.29 is 4.79 Å². The minimum atomic E-state index is 0.0491. The molecule has 0 N–H and O–H groups in total. The molecule has 1 aliphatic heterocycles. The molecule has 0 bridgehead atoms. The predicted molar refractivity (Wildman–Crippen MR) is 111 cm³/mol. The molecule has 4 heterocycles. The largest absolute Gasteiger partial charge is 0.338 e. The van der Waals surface area contributed by atoms with Gasteiger partial charge in [-0.3, -0.25) is 4.79 Å². The molecule has 0 spiro atoms. The average molecular weight is 398 g/mol. The van der Waals surface area contributed by atoms with E-state index in [2.05, 4.69) is 36.2 Å². The van der Waals surface area contributed by atoms with Crippen LogP contribution in [0.15, 0.2) is 17.6 Å². The van der Waals surface area contributed by atoms with Crippen LogP contribution in [0.1, 0.15) is 72.0 Å². The smallest absolute Gasteiger partial charge is 0.257 e. The van der Waals surface area contributed by atoms with Crippen LogP contribution in [-0.4, -0.2) is 43.5 Å². The molecule has 7 heteroatoms. The highest BCUT2D eigenvalue weighted by Gasteiger charge is 2.28. The number of carbonyl (C=O) groups is 1. The van der Waals surface area contributed by atoms with Crippen molar-refractivity contribution in [1.29, 1.82) is 0 Å². The second-order valence-electron chi connectivity index (χ2n) is 8.70. The van der Waals surface area contributed by atoms with Gasteiger partial charge in [0.1, 0.15) is 0 Å². The highest BCUT2D eigenvalue weighted by atomic mass is 32.1.